The van der Waals surface area contributed by atoms with Crippen LogP contribution in [0.4, 0.5) is 0 Å². The van der Waals surface area contributed by atoms with Gasteiger partial charge >= 0.3 is 7.32 Å². The van der Waals surface area contributed by atoms with Crippen molar-refractivity contribution in [3.8, 4) is 0 Å². The Hall–Kier alpha value is 0.162. The van der Waals surface area contributed by atoms with Gasteiger partial charge in [0.25, 0.3) is 0 Å². The van der Waals surface area contributed by atoms with Gasteiger partial charge in [0, 0.05) is 9.52 Å². The molecule has 3 N–H and O–H groups in total. The maximum Gasteiger partial charge on any atom is 0.631 e. The van der Waals surface area contributed by atoms with Crippen molar-refractivity contribution in [3.05, 3.63) is 0 Å². The third-order valence-electron chi connectivity index (χ3n) is 1.50. The molecule has 0 aromatic rings. The van der Waals surface area contributed by atoms with Crippen molar-refractivity contribution < 1.29 is 15.1 Å². The first-order valence-corrected chi connectivity index (χ1v) is 5.77. The molecule has 0 aliphatic carbocycles. The van der Waals surface area contributed by atoms with Crippen molar-refractivity contribution in [2.24, 2.45) is 0 Å². The molecular weight excluding hydrogens is 147 g/mol. The zero-order valence-corrected chi connectivity index (χ0v) is 7.58. The zero-order chi connectivity index (χ0) is 7.82. The summed E-state index contributed by atoms with van der Waals surface area (Å²) in [6, 6.07) is 3.28. The number of hydrogen-bond donors (Lipinski definition) is 3. The fourth-order valence-electron chi connectivity index (χ4n) is 1.06. The fourth-order valence-corrected chi connectivity index (χ4v) is 2.83. The molecular formula is C5H15BO3Si. The van der Waals surface area contributed by atoms with Crippen molar-refractivity contribution in [3.63, 3.8) is 0 Å². The molecule has 0 radical (unpaired) electrons. The van der Waals surface area contributed by atoms with E-state index < -0.39 is 7.32 Å². The van der Waals surface area contributed by atoms with Gasteiger partial charge < -0.3 is 15.1 Å². The van der Waals surface area contributed by atoms with E-state index in [0.717, 1.165) is 0 Å². The summed E-state index contributed by atoms with van der Waals surface area (Å²) in [4.78, 5) is 0. The summed E-state index contributed by atoms with van der Waals surface area (Å²) in [6.45, 7) is 0. The monoisotopic (exact) mass is 162 g/mol. The van der Waals surface area contributed by atoms with Gasteiger partial charge in [-0.1, -0.05) is 31.4 Å². The van der Waals surface area contributed by atoms with Gasteiger partial charge in [-0.15, -0.1) is 0 Å². The molecule has 1 heterocycles. The largest absolute Gasteiger partial charge is 0.631 e. The van der Waals surface area contributed by atoms with E-state index in [1.54, 1.807) is 24.9 Å². The Kier molecular flexibility index (Phi) is 7.39. The highest BCUT2D eigenvalue weighted by Gasteiger charge is 1.96. The molecule has 0 aromatic heterocycles. The van der Waals surface area contributed by atoms with Crippen molar-refractivity contribution in [2.75, 3.05) is 0 Å². The van der Waals surface area contributed by atoms with Crippen molar-refractivity contribution in [1.29, 1.82) is 0 Å². The summed E-state index contributed by atoms with van der Waals surface area (Å²) in [5.41, 5.74) is 0. The average molecular weight is 162 g/mol. The molecule has 1 saturated heterocycles. The minimum atomic E-state index is -2.17. The van der Waals surface area contributed by atoms with Crippen LogP contribution in [0.15, 0.2) is 0 Å². The van der Waals surface area contributed by atoms with Gasteiger partial charge in [-0.2, -0.15) is 0 Å². The first kappa shape index (κ1) is 10.2. The van der Waals surface area contributed by atoms with E-state index in [2.05, 4.69) is 0 Å². The predicted molar refractivity (Wildman–Crippen MR) is 44.4 cm³/mol. The molecule has 0 bridgehead atoms. The van der Waals surface area contributed by atoms with E-state index >= 15 is 0 Å². The Labute approximate surface area is 64.1 Å². The average Bonchev–Trinajstić information content (AvgIpc) is 1.90. The Morgan fingerprint density at radius 3 is 1.40 bits per heavy atom. The fraction of sp³-hybridized carbons (Fsp3) is 1.00. The van der Waals surface area contributed by atoms with Crippen LogP contribution in [0.2, 0.25) is 12.1 Å². The quantitative estimate of drug-likeness (QED) is 0.405. The smallest absolute Gasteiger partial charge is 0.402 e. The molecule has 5 heteroatoms. The minimum absolute atomic E-state index is 0.508. The van der Waals surface area contributed by atoms with Gasteiger partial charge in [0.15, 0.2) is 0 Å². The molecule has 1 aliphatic heterocycles. The van der Waals surface area contributed by atoms with E-state index in [1.807, 2.05) is 0 Å². The summed E-state index contributed by atoms with van der Waals surface area (Å²) < 4.78 is 0. The van der Waals surface area contributed by atoms with Crippen LogP contribution >= 0.6 is 0 Å². The summed E-state index contributed by atoms with van der Waals surface area (Å²) in [5, 5.41) is 21.5. The summed E-state index contributed by atoms with van der Waals surface area (Å²) in [5.74, 6) is 0. The normalized spacial score (nSPS) is 17.1. The van der Waals surface area contributed by atoms with Gasteiger partial charge in [-0.05, 0) is 0 Å². The van der Waals surface area contributed by atoms with Crippen LogP contribution in [0.3, 0.4) is 0 Å². The maximum atomic E-state index is 7.17. The Morgan fingerprint density at radius 2 is 1.30 bits per heavy atom. The molecule has 0 unspecified atom stereocenters. The molecule has 1 aliphatic rings. The van der Waals surface area contributed by atoms with Gasteiger partial charge in [0.2, 0.25) is 0 Å². The highest BCUT2D eigenvalue weighted by Crippen LogP contribution is 2.10. The zero-order valence-electron chi connectivity index (χ0n) is 6.16. The molecule has 60 valence electrons. The van der Waals surface area contributed by atoms with Gasteiger partial charge in [-0.25, -0.2) is 0 Å². The second kappa shape index (κ2) is 7.27. The van der Waals surface area contributed by atoms with Crippen LogP contribution in [-0.2, 0) is 0 Å². The summed E-state index contributed by atoms with van der Waals surface area (Å²) in [6.07, 6.45) is 4.66. The van der Waals surface area contributed by atoms with E-state index in [4.69, 9.17) is 15.1 Å². The highest BCUT2D eigenvalue weighted by molar-refractivity contribution is 6.35. The van der Waals surface area contributed by atoms with Crippen molar-refractivity contribution in [1.82, 2.24) is 0 Å². The minimum Gasteiger partial charge on any atom is -0.402 e. The molecule has 1 fully saturated rings. The molecule has 10 heavy (non-hydrogen) atoms. The number of rotatable bonds is 0. The molecule has 0 aromatic carbocycles. The van der Waals surface area contributed by atoms with Crippen LogP contribution < -0.4 is 0 Å². The van der Waals surface area contributed by atoms with Crippen molar-refractivity contribution in [2.45, 2.75) is 31.4 Å². The van der Waals surface area contributed by atoms with E-state index in [1.165, 1.54) is 6.42 Å². The van der Waals surface area contributed by atoms with Crippen LogP contribution in [-0.4, -0.2) is 31.9 Å². The standard InChI is InChI=1S/C5H12Si.BH3O3/c1-2-4-6-5-3-1;2-1(3)4/h1-6H2;2-4H. The Morgan fingerprint density at radius 1 is 0.900 bits per heavy atom. The predicted octanol–water partition coefficient (Wildman–Crippen LogP) is -0.876. The van der Waals surface area contributed by atoms with Gasteiger partial charge in [0.1, 0.15) is 0 Å². The van der Waals surface area contributed by atoms with Gasteiger partial charge in [0.05, 0.1) is 0 Å². The lowest BCUT2D eigenvalue weighted by molar-refractivity contribution is 0.278. The molecule has 0 atom stereocenters. The lowest BCUT2D eigenvalue weighted by atomic mass is 10.3. The molecule has 0 amide bonds. The lowest BCUT2D eigenvalue weighted by Crippen LogP contribution is -2.07. The summed E-state index contributed by atoms with van der Waals surface area (Å²) >= 11 is 0. The highest BCUT2D eigenvalue weighted by atomic mass is 28.2. The Bertz CT molecular complexity index is 53.6. The molecule has 0 spiro atoms. The van der Waals surface area contributed by atoms with E-state index in [-0.39, 0.29) is 0 Å². The lowest BCUT2D eigenvalue weighted by Gasteiger charge is -2.04. The first-order valence-electron chi connectivity index (χ1n) is 3.77. The third kappa shape index (κ3) is 11.0. The molecule has 3 nitrogen and oxygen atoms in total. The van der Waals surface area contributed by atoms with Crippen LogP contribution in [0, 0.1) is 0 Å². The van der Waals surface area contributed by atoms with Crippen LogP contribution in [0.25, 0.3) is 0 Å². The first-order chi connectivity index (χ1) is 4.73. The van der Waals surface area contributed by atoms with Crippen LogP contribution in [0.5, 0.6) is 0 Å². The second-order valence-corrected chi connectivity index (χ2v) is 4.59. The number of hydrogen-bond acceptors (Lipinski definition) is 3. The topological polar surface area (TPSA) is 60.7 Å². The molecule has 1 rings (SSSR count). The molecule has 0 saturated carbocycles. The van der Waals surface area contributed by atoms with E-state index in [0.29, 0.717) is 9.52 Å². The Balaban J connectivity index is 0.000000180. The third-order valence-corrected chi connectivity index (χ3v) is 3.50. The van der Waals surface area contributed by atoms with Crippen molar-refractivity contribution >= 4 is 16.8 Å². The van der Waals surface area contributed by atoms with Crippen LogP contribution in [0.1, 0.15) is 19.3 Å². The SMILES string of the molecule is C1CC[SiH2]CC1.OB(O)O. The maximum absolute atomic E-state index is 7.17. The van der Waals surface area contributed by atoms with E-state index in [9.17, 15) is 0 Å². The second-order valence-electron chi connectivity index (χ2n) is 2.47. The van der Waals surface area contributed by atoms with Gasteiger partial charge in [-0.3, -0.25) is 0 Å². The summed E-state index contributed by atoms with van der Waals surface area (Å²) in [7, 11) is -1.66.